The number of rotatable bonds is 4. The molecular weight excluding hydrogens is 246 g/mol. The second-order valence-electron chi connectivity index (χ2n) is 4.26. The minimum absolute atomic E-state index is 0.0263. The summed E-state index contributed by atoms with van der Waals surface area (Å²) in [5.41, 5.74) is 0.0263. The number of hydrogen-bond donors (Lipinski definition) is 0. The predicted octanol–water partition coefficient (Wildman–Crippen LogP) is 3.10. The molecule has 5 heteroatoms. The minimum Gasteiger partial charge on any atom is -0.482 e. The van der Waals surface area contributed by atoms with Crippen molar-refractivity contribution in [2.24, 2.45) is 0 Å². The number of nitrogens with zero attached hydrogens (tertiary/aromatic N) is 1. The van der Waals surface area contributed by atoms with Crippen LogP contribution in [0.5, 0.6) is 5.75 Å². The predicted molar refractivity (Wildman–Crippen MR) is 71.4 cm³/mol. The maximum absolute atomic E-state index is 11.2. The Hall–Kier alpha value is -2.43. The fourth-order valence-electron chi connectivity index (χ4n) is 1.79. The monoisotopic (exact) mass is 259 g/mol. The molecule has 19 heavy (non-hydrogen) atoms. The lowest BCUT2D eigenvalue weighted by Gasteiger charge is -2.13. The molecule has 0 amide bonds. The highest BCUT2D eigenvalue weighted by atomic mass is 16.6. The second-order valence-corrected chi connectivity index (χ2v) is 4.26. The zero-order valence-electron chi connectivity index (χ0n) is 10.6. The Morgan fingerprint density at radius 3 is 2.42 bits per heavy atom. The van der Waals surface area contributed by atoms with Crippen molar-refractivity contribution < 1.29 is 14.5 Å². The van der Waals surface area contributed by atoms with E-state index in [-0.39, 0.29) is 11.5 Å². The number of benzene rings is 2. The van der Waals surface area contributed by atoms with Crippen molar-refractivity contribution in [1.82, 2.24) is 0 Å². The van der Waals surface area contributed by atoms with Gasteiger partial charge >= 0.3 is 0 Å². The molecular formula is C14H13NO4. The first-order valence-electron chi connectivity index (χ1n) is 5.84. The molecule has 0 N–H and O–H groups in total. The molecule has 0 spiro atoms. The van der Waals surface area contributed by atoms with Gasteiger partial charge < -0.3 is 4.74 Å². The summed E-state index contributed by atoms with van der Waals surface area (Å²) in [6.45, 7) is 3.09. The van der Waals surface area contributed by atoms with Crippen LogP contribution in [-0.4, -0.2) is 16.8 Å². The SMILES string of the molecule is CC(=O)C(C)Oc1ccc([N+](=O)[O-])c2ccccc12. The van der Waals surface area contributed by atoms with Crippen molar-refractivity contribution >= 4 is 22.2 Å². The number of nitro benzene ring substituents is 1. The molecule has 1 atom stereocenters. The molecule has 0 aliphatic carbocycles. The molecule has 0 aliphatic rings. The first-order chi connectivity index (χ1) is 9.00. The molecule has 0 heterocycles. The lowest BCUT2D eigenvalue weighted by molar-refractivity contribution is -0.383. The van der Waals surface area contributed by atoms with Crippen LogP contribution in [-0.2, 0) is 4.79 Å². The molecule has 0 saturated heterocycles. The van der Waals surface area contributed by atoms with E-state index in [9.17, 15) is 14.9 Å². The van der Waals surface area contributed by atoms with E-state index >= 15 is 0 Å². The van der Waals surface area contributed by atoms with Gasteiger partial charge in [0, 0.05) is 11.5 Å². The van der Waals surface area contributed by atoms with E-state index in [1.165, 1.54) is 19.1 Å². The molecule has 1 unspecified atom stereocenters. The van der Waals surface area contributed by atoms with Gasteiger partial charge in [-0.05, 0) is 26.0 Å². The number of fused-ring (bicyclic) bond motifs is 1. The molecule has 0 radical (unpaired) electrons. The van der Waals surface area contributed by atoms with Crippen LogP contribution in [0.4, 0.5) is 5.69 Å². The first-order valence-corrected chi connectivity index (χ1v) is 5.84. The van der Waals surface area contributed by atoms with Crippen molar-refractivity contribution in [2.45, 2.75) is 20.0 Å². The maximum atomic E-state index is 11.2. The highest BCUT2D eigenvalue weighted by Gasteiger charge is 2.17. The third kappa shape index (κ3) is 2.54. The quantitative estimate of drug-likeness (QED) is 0.624. The third-order valence-electron chi connectivity index (χ3n) is 2.93. The Kier molecular flexibility index (Phi) is 3.46. The third-order valence-corrected chi connectivity index (χ3v) is 2.93. The topological polar surface area (TPSA) is 69.4 Å². The number of carbonyl (C=O) groups is 1. The van der Waals surface area contributed by atoms with Crippen LogP contribution >= 0.6 is 0 Å². The van der Waals surface area contributed by atoms with Gasteiger partial charge in [-0.15, -0.1) is 0 Å². The van der Waals surface area contributed by atoms with Crippen LogP contribution in [0.25, 0.3) is 10.8 Å². The number of carbonyl (C=O) groups excluding carboxylic acids is 1. The first kappa shape index (κ1) is 13.0. The Morgan fingerprint density at radius 1 is 1.21 bits per heavy atom. The Labute approximate surface area is 110 Å². The minimum atomic E-state index is -0.579. The van der Waals surface area contributed by atoms with Gasteiger partial charge in [0.05, 0.1) is 10.3 Å². The molecule has 0 aliphatic heterocycles. The van der Waals surface area contributed by atoms with Crippen molar-refractivity contribution in [3.05, 3.63) is 46.5 Å². The number of Topliss-reactive ketones (excluding diaryl/α,β-unsaturated/α-hetero) is 1. The molecule has 98 valence electrons. The van der Waals surface area contributed by atoms with Crippen LogP contribution in [0.15, 0.2) is 36.4 Å². The van der Waals surface area contributed by atoms with Gasteiger partial charge in [-0.2, -0.15) is 0 Å². The lowest BCUT2D eigenvalue weighted by atomic mass is 10.1. The van der Waals surface area contributed by atoms with Crippen molar-refractivity contribution in [3.8, 4) is 5.75 Å². The number of ether oxygens (including phenoxy) is 1. The molecule has 0 fully saturated rings. The molecule has 0 aromatic heterocycles. The molecule has 2 aromatic rings. The molecule has 0 bridgehead atoms. The van der Waals surface area contributed by atoms with E-state index in [4.69, 9.17) is 4.74 Å². The molecule has 5 nitrogen and oxygen atoms in total. The van der Waals surface area contributed by atoms with Gasteiger partial charge in [0.2, 0.25) is 0 Å². The summed E-state index contributed by atoms with van der Waals surface area (Å²) in [6.07, 6.45) is -0.579. The molecule has 2 rings (SSSR count). The lowest BCUT2D eigenvalue weighted by Crippen LogP contribution is -2.20. The maximum Gasteiger partial charge on any atom is 0.277 e. The normalized spacial score (nSPS) is 12.1. The standard InChI is InChI=1S/C14H13NO4/c1-9(16)10(2)19-14-8-7-13(15(17)18)11-5-3-4-6-12(11)14/h3-8,10H,1-2H3. The second kappa shape index (κ2) is 5.06. The van der Waals surface area contributed by atoms with Gasteiger partial charge in [-0.25, -0.2) is 0 Å². The van der Waals surface area contributed by atoms with E-state index in [1.54, 1.807) is 31.2 Å². The van der Waals surface area contributed by atoms with Gasteiger partial charge in [-0.3, -0.25) is 14.9 Å². The van der Waals surface area contributed by atoms with Crippen molar-refractivity contribution in [1.29, 1.82) is 0 Å². The zero-order valence-corrected chi connectivity index (χ0v) is 10.6. The summed E-state index contributed by atoms with van der Waals surface area (Å²) in [4.78, 5) is 21.8. The summed E-state index contributed by atoms with van der Waals surface area (Å²) >= 11 is 0. The summed E-state index contributed by atoms with van der Waals surface area (Å²) in [6, 6.07) is 9.83. The van der Waals surface area contributed by atoms with Crippen molar-refractivity contribution in [3.63, 3.8) is 0 Å². The largest absolute Gasteiger partial charge is 0.482 e. The van der Waals surface area contributed by atoms with Crippen LogP contribution in [0, 0.1) is 10.1 Å². The Bertz CT molecular complexity index is 651. The van der Waals surface area contributed by atoms with Gasteiger partial charge in [0.15, 0.2) is 11.9 Å². The van der Waals surface area contributed by atoms with Crippen LogP contribution in [0.1, 0.15) is 13.8 Å². The summed E-state index contributed by atoms with van der Waals surface area (Å²) in [5, 5.41) is 12.1. The number of non-ortho nitro benzene ring substituents is 1. The van der Waals surface area contributed by atoms with Gasteiger partial charge in [0.25, 0.3) is 5.69 Å². The number of ketones is 1. The summed E-state index contributed by atoms with van der Waals surface area (Å²) < 4.78 is 5.55. The Morgan fingerprint density at radius 2 is 1.84 bits per heavy atom. The number of nitro groups is 1. The van der Waals surface area contributed by atoms with E-state index in [0.717, 1.165) is 0 Å². The highest BCUT2D eigenvalue weighted by Crippen LogP contribution is 2.33. The summed E-state index contributed by atoms with van der Waals surface area (Å²) in [5.74, 6) is 0.381. The van der Waals surface area contributed by atoms with Crippen LogP contribution in [0.2, 0.25) is 0 Å². The fourth-order valence-corrected chi connectivity index (χ4v) is 1.79. The van der Waals surface area contributed by atoms with E-state index in [0.29, 0.717) is 16.5 Å². The molecule has 0 saturated carbocycles. The average molecular weight is 259 g/mol. The number of hydrogen-bond acceptors (Lipinski definition) is 4. The smallest absolute Gasteiger partial charge is 0.277 e. The van der Waals surface area contributed by atoms with E-state index < -0.39 is 11.0 Å². The van der Waals surface area contributed by atoms with Gasteiger partial charge in [0.1, 0.15) is 5.75 Å². The van der Waals surface area contributed by atoms with Crippen LogP contribution < -0.4 is 4.74 Å². The molecule has 2 aromatic carbocycles. The fraction of sp³-hybridized carbons (Fsp3) is 0.214. The van der Waals surface area contributed by atoms with Gasteiger partial charge in [-0.1, -0.05) is 18.2 Å². The zero-order chi connectivity index (χ0) is 14.0. The highest BCUT2D eigenvalue weighted by molar-refractivity contribution is 5.95. The van der Waals surface area contributed by atoms with Crippen molar-refractivity contribution in [2.75, 3.05) is 0 Å². The van der Waals surface area contributed by atoms with E-state index in [1.807, 2.05) is 0 Å². The van der Waals surface area contributed by atoms with Crippen LogP contribution in [0.3, 0.4) is 0 Å². The Balaban J connectivity index is 2.55. The average Bonchev–Trinajstić information content (AvgIpc) is 2.38. The van der Waals surface area contributed by atoms with E-state index in [2.05, 4.69) is 0 Å². The summed E-state index contributed by atoms with van der Waals surface area (Å²) in [7, 11) is 0.